The lowest BCUT2D eigenvalue weighted by atomic mass is 10.1. The van der Waals surface area contributed by atoms with E-state index in [1.54, 1.807) is 30.5 Å². The van der Waals surface area contributed by atoms with Gasteiger partial charge in [-0.15, -0.1) is 10.2 Å². The highest BCUT2D eigenvalue weighted by molar-refractivity contribution is 7.99. The molecule has 0 bridgehead atoms. The van der Waals surface area contributed by atoms with E-state index in [4.69, 9.17) is 4.42 Å². The van der Waals surface area contributed by atoms with E-state index in [9.17, 15) is 9.59 Å². The minimum Gasteiger partial charge on any atom is -0.467 e. The van der Waals surface area contributed by atoms with Gasteiger partial charge in [-0.1, -0.05) is 35.5 Å². The molecule has 0 saturated carbocycles. The molecule has 1 amide bonds. The number of amides is 1. The Balaban J connectivity index is 1.43. The molecule has 33 heavy (non-hydrogen) atoms. The van der Waals surface area contributed by atoms with Gasteiger partial charge in [0.1, 0.15) is 5.76 Å². The van der Waals surface area contributed by atoms with E-state index in [1.807, 2.05) is 41.8 Å². The average Bonchev–Trinajstić information content (AvgIpc) is 3.45. The second-order valence-corrected chi connectivity index (χ2v) is 8.68. The van der Waals surface area contributed by atoms with Crippen molar-refractivity contribution >= 4 is 29.1 Å². The van der Waals surface area contributed by atoms with Gasteiger partial charge in [0.25, 0.3) is 0 Å². The summed E-state index contributed by atoms with van der Waals surface area (Å²) in [5.74, 6) is 1.99. The maximum atomic E-state index is 12.4. The van der Waals surface area contributed by atoms with Crippen LogP contribution in [0.2, 0.25) is 0 Å². The predicted molar refractivity (Wildman–Crippen MR) is 128 cm³/mol. The number of hydrogen-bond acceptors (Lipinski definition) is 6. The van der Waals surface area contributed by atoms with Gasteiger partial charge in [-0.3, -0.25) is 14.2 Å². The number of anilines is 1. The van der Waals surface area contributed by atoms with Crippen molar-refractivity contribution in [3.8, 4) is 11.4 Å². The Morgan fingerprint density at radius 2 is 1.88 bits per heavy atom. The van der Waals surface area contributed by atoms with Crippen LogP contribution in [0.1, 0.15) is 35.0 Å². The van der Waals surface area contributed by atoms with Gasteiger partial charge in [-0.2, -0.15) is 0 Å². The first-order chi connectivity index (χ1) is 16.0. The largest absolute Gasteiger partial charge is 0.467 e. The number of furan rings is 1. The van der Waals surface area contributed by atoms with Crippen molar-refractivity contribution < 1.29 is 14.0 Å². The van der Waals surface area contributed by atoms with E-state index < -0.39 is 0 Å². The molecule has 0 atom stereocenters. The molecule has 8 heteroatoms. The molecule has 0 unspecified atom stereocenters. The third-order valence-electron chi connectivity index (χ3n) is 5.02. The molecule has 2 aromatic carbocycles. The number of aromatic nitrogens is 3. The highest BCUT2D eigenvalue weighted by Crippen LogP contribution is 2.26. The molecule has 2 heterocycles. The van der Waals surface area contributed by atoms with Crippen LogP contribution in [0.5, 0.6) is 0 Å². The number of carbonyl (C=O) groups excluding carboxylic acids is 2. The van der Waals surface area contributed by atoms with Crippen LogP contribution in [0.15, 0.2) is 76.5 Å². The van der Waals surface area contributed by atoms with E-state index in [0.717, 1.165) is 27.9 Å². The van der Waals surface area contributed by atoms with E-state index in [1.165, 1.54) is 18.7 Å². The fourth-order valence-electron chi connectivity index (χ4n) is 3.34. The third-order valence-corrected chi connectivity index (χ3v) is 5.99. The molecule has 7 nitrogen and oxygen atoms in total. The van der Waals surface area contributed by atoms with Gasteiger partial charge < -0.3 is 9.73 Å². The lowest BCUT2D eigenvalue weighted by Crippen LogP contribution is -2.12. The summed E-state index contributed by atoms with van der Waals surface area (Å²) >= 11 is 1.48. The number of ketones is 1. The number of thioether (sulfide) groups is 1. The molecule has 0 aliphatic carbocycles. The Labute approximate surface area is 196 Å². The standard InChI is InChI=1S/C25H24N4O3S/c1-17-5-3-6-20(15-17)24-27-28-25(29(24)16-22-7-4-13-32-22)33-14-12-23(31)26-21-10-8-19(9-11-21)18(2)30/h3-11,13,15H,12,14,16H2,1-2H3,(H,26,31). The average molecular weight is 461 g/mol. The van der Waals surface area contributed by atoms with Gasteiger partial charge in [-0.05, 0) is 56.3 Å². The van der Waals surface area contributed by atoms with E-state index in [2.05, 4.69) is 21.6 Å². The first kappa shape index (κ1) is 22.5. The van der Waals surface area contributed by atoms with Crippen molar-refractivity contribution in [3.05, 3.63) is 83.8 Å². The lowest BCUT2D eigenvalue weighted by molar-refractivity contribution is -0.115. The quantitative estimate of drug-likeness (QED) is 0.272. The molecule has 0 aliphatic heterocycles. The molecule has 1 N–H and O–H groups in total. The van der Waals surface area contributed by atoms with Crippen molar-refractivity contribution in [1.82, 2.24) is 14.8 Å². The Hall–Kier alpha value is -3.65. The van der Waals surface area contributed by atoms with Crippen LogP contribution < -0.4 is 5.32 Å². The van der Waals surface area contributed by atoms with Crippen molar-refractivity contribution in [1.29, 1.82) is 0 Å². The monoisotopic (exact) mass is 460 g/mol. The van der Waals surface area contributed by atoms with Crippen molar-refractivity contribution in [2.24, 2.45) is 0 Å². The van der Waals surface area contributed by atoms with Crippen molar-refractivity contribution in [2.75, 3.05) is 11.1 Å². The number of carbonyl (C=O) groups is 2. The summed E-state index contributed by atoms with van der Waals surface area (Å²) in [6.07, 6.45) is 1.96. The smallest absolute Gasteiger partial charge is 0.225 e. The molecule has 0 spiro atoms. The molecule has 0 aliphatic rings. The molecule has 2 aromatic heterocycles. The molecule has 4 rings (SSSR count). The fourth-order valence-corrected chi connectivity index (χ4v) is 4.22. The first-order valence-corrected chi connectivity index (χ1v) is 11.5. The molecule has 168 valence electrons. The molecule has 4 aromatic rings. The minimum atomic E-state index is -0.103. The number of nitrogens with one attached hydrogen (secondary N) is 1. The predicted octanol–water partition coefficient (Wildman–Crippen LogP) is 5.22. The van der Waals surface area contributed by atoms with Gasteiger partial charge in [0, 0.05) is 29.0 Å². The summed E-state index contributed by atoms with van der Waals surface area (Å²) in [7, 11) is 0. The summed E-state index contributed by atoms with van der Waals surface area (Å²) in [6.45, 7) is 4.05. The van der Waals surface area contributed by atoms with Gasteiger partial charge in [0.15, 0.2) is 16.8 Å². The fraction of sp³-hybridized carbons (Fsp3) is 0.200. The van der Waals surface area contributed by atoms with Gasteiger partial charge in [0.05, 0.1) is 12.8 Å². The lowest BCUT2D eigenvalue weighted by Gasteiger charge is -2.09. The minimum absolute atomic E-state index is 0.00651. The maximum Gasteiger partial charge on any atom is 0.225 e. The number of rotatable bonds is 9. The van der Waals surface area contributed by atoms with Crippen LogP contribution in [0.25, 0.3) is 11.4 Å². The first-order valence-electron chi connectivity index (χ1n) is 10.6. The number of benzene rings is 2. The van der Waals surface area contributed by atoms with Crippen LogP contribution in [-0.4, -0.2) is 32.2 Å². The number of aryl methyl sites for hydroxylation is 1. The second-order valence-electron chi connectivity index (χ2n) is 7.62. The zero-order chi connectivity index (χ0) is 23.2. The molecule has 0 radical (unpaired) electrons. The van der Waals surface area contributed by atoms with E-state index >= 15 is 0 Å². The topological polar surface area (TPSA) is 90.0 Å². The Morgan fingerprint density at radius 3 is 2.58 bits per heavy atom. The summed E-state index contributed by atoms with van der Waals surface area (Å²) in [4.78, 5) is 23.8. The zero-order valence-corrected chi connectivity index (χ0v) is 19.3. The summed E-state index contributed by atoms with van der Waals surface area (Å²) in [6, 6.07) is 18.8. The van der Waals surface area contributed by atoms with Gasteiger partial charge >= 0.3 is 0 Å². The van der Waals surface area contributed by atoms with Crippen molar-refractivity contribution in [2.45, 2.75) is 32.0 Å². The highest BCUT2D eigenvalue weighted by Gasteiger charge is 2.16. The van der Waals surface area contributed by atoms with Crippen LogP contribution >= 0.6 is 11.8 Å². The van der Waals surface area contributed by atoms with E-state index in [-0.39, 0.29) is 11.7 Å². The Kier molecular flexibility index (Phi) is 7.04. The van der Waals surface area contributed by atoms with Gasteiger partial charge in [-0.25, -0.2) is 0 Å². The SMILES string of the molecule is CC(=O)c1ccc(NC(=O)CCSc2nnc(-c3cccc(C)c3)n2Cc2ccco2)cc1. The van der Waals surface area contributed by atoms with E-state index in [0.29, 0.717) is 30.0 Å². The number of Topliss-reactive ketones (excluding diaryl/α,β-unsaturated/α-hetero) is 1. The Bertz CT molecular complexity index is 1250. The summed E-state index contributed by atoms with van der Waals surface area (Å²) in [5.41, 5.74) is 3.40. The normalized spacial score (nSPS) is 10.8. The molecular formula is C25H24N4O3S. The highest BCUT2D eigenvalue weighted by atomic mass is 32.2. The van der Waals surface area contributed by atoms with Crippen LogP contribution in [0.3, 0.4) is 0 Å². The van der Waals surface area contributed by atoms with Crippen LogP contribution in [0.4, 0.5) is 5.69 Å². The van der Waals surface area contributed by atoms with Crippen LogP contribution in [0, 0.1) is 6.92 Å². The summed E-state index contributed by atoms with van der Waals surface area (Å²) < 4.78 is 7.55. The molecule has 0 saturated heterocycles. The van der Waals surface area contributed by atoms with Crippen molar-refractivity contribution in [3.63, 3.8) is 0 Å². The molecule has 0 fully saturated rings. The number of nitrogens with zero attached hydrogens (tertiary/aromatic N) is 3. The number of hydrogen-bond donors (Lipinski definition) is 1. The second kappa shape index (κ2) is 10.3. The maximum absolute atomic E-state index is 12.4. The molecular weight excluding hydrogens is 436 g/mol. The Morgan fingerprint density at radius 1 is 1.06 bits per heavy atom. The van der Waals surface area contributed by atoms with Crippen LogP contribution in [-0.2, 0) is 11.3 Å². The summed E-state index contributed by atoms with van der Waals surface area (Å²) in [5, 5.41) is 12.4. The zero-order valence-electron chi connectivity index (χ0n) is 18.4. The van der Waals surface area contributed by atoms with Gasteiger partial charge in [0.2, 0.25) is 5.91 Å². The third kappa shape index (κ3) is 5.78.